The molecule has 4 aromatic carbocycles. The molecule has 0 aliphatic carbocycles. The van der Waals surface area contributed by atoms with Crippen LogP contribution in [-0.2, 0) is 30.5 Å². The van der Waals surface area contributed by atoms with Crippen LogP contribution >= 0.6 is 7.92 Å². The van der Waals surface area contributed by atoms with E-state index in [1.54, 1.807) is 0 Å². The summed E-state index contributed by atoms with van der Waals surface area (Å²) >= 11 is 0. The maximum absolute atomic E-state index is 9.19. The zero-order chi connectivity index (χ0) is 40.0. The van der Waals surface area contributed by atoms with Crippen LogP contribution in [0.1, 0.15) is 118 Å². The van der Waals surface area contributed by atoms with Gasteiger partial charge in [0, 0.05) is 34.0 Å². The van der Waals surface area contributed by atoms with E-state index in [1.165, 1.54) is 33.1 Å². The Morgan fingerprint density at radius 3 is 1.34 bits per heavy atom. The third kappa shape index (κ3) is 17.1. The monoisotopic (exact) mass is 857 g/mol. The van der Waals surface area contributed by atoms with Crippen LogP contribution in [0.4, 0.5) is 5.69 Å². The summed E-state index contributed by atoms with van der Waals surface area (Å²) < 4.78 is 38.1. The summed E-state index contributed by atoms with van der Waals surface area (Å²) in [6.45, 7) is 28.2. The van der Waals surface area contributed by atoms with Gasteiger partial charge in [-0.15, -0.1) is 0 Å². The van der Waals surface area contributed by atoms with Gasteiger partial charge in [-0.05, 0) is 106 Å². The molecular formula is C44H66NO5PPdS. The van der Waals surface area contributed by atoms with E-state index in [-0.39, 0.29) is 30.7 Å². The van der Waals surface area contributed by atoms with Gasteiger partial charge in [-0.25, -0.2) is 0 Å². The second kappa shape index (κ2) is 22.6. The van der Waals surface area contributed by atoms with Crippen molar-refractivity contribution in [3.05, 3.63) is 108 Å². The number of nitrogen functional groups attached to an aromatic ring is 1. The summed E-state index contributed by atoms with van der Waals surface area (Å²) in [5.41, 5.74) is 13.0. The van der Waals surface area contributed by atoms with Gasteiger partial charge >= 0.3 is 0 Å². The Bertz CT molecular complexity index is 1670. The summed E-state index contributed by atoms with van der Waals surface area (Å²) in [5, 5.41) is 1.63. The maximum atomic E-state index is 9.19. The molecule has 0 bridgehead atoms. The van der Waals surface area contributed by atoms with Gasteiger partial charge < -0.3 is 15.2 Å². The largest absolute Gasteiger partial charge is 0.496 e. The molecule has 4 aromatic rings. The molecule has 0 radical (unpaired) electrons. The molecule has 0 saturated carbocycles. The van der Waals surface area contributed by atoms with Gasteiger partial charge in [0.05, 0.1) is 36.4 Å². The summed E-state index contributed by atoms with van der Waals surface area (Å²) in [5.74, 6) is 3.23. The van der Waals surface area contributed by atoms with Crippen LogP contribution in [-0.4, -0.2) is 43.8 Å². The molecule has 0 atom stereocenters. The van der Waals surface area contributed by atoms with Crippen LogP contribution in [0, 0.1) is 6.07 Å². The number of hydrogen-bond acceptors (Lipinski definition) is 5. The molecule has 0 aliphatic heterocycles. The number of hydrogen-bond donors (Lipinski definition) is 2. The minimum Gasteiger partial charge on any atom is -0.496 e. The third-order valence-corrected chi connectivity index (χ3v) is 12.1. The molecule has 9 heteroatoms. The SMILES string of the molecule is COc1ccc(OC)c([PH+](C(C)(C)C)C(C)(C)C)c1-c1c(C(C)C)cc(C(C)C)cc1C(C)C.CS(=O)(=O)O.Nc1ccccc1.[Pd].[c-]1ccccc1. The zero-order valence-corrected chi connectivity index (χ0v) is 38.1. The van der Waals surface area contributed by atoms with Gasteiger partial charge in [0.2, 0.25) is 0 Å². The minimum absolute atomic E-state index is 0. The van der Waals surface area contributed by atoms with E-state index in [4.69, 9.17) is 19.8 Å². The van der Waals surface area contributed by atoms with Crippen molar-refractivity contribution in [3.8, 4) is 22.6 Å². The molecule has 298 valence electrons. The van der Waals surface area contributed by atoms with Gasteiger partial charge in [0.25, 0.3) is 10.1 Å². The normalized spacial score (nSPS) is 11.4. The van der Waals surface area contributed by atoms with E-state index in [2.05, 4.69) is 113 Å². The molecule has 4 rings (SSSR count). The first-order valence-corrected chi connectivity index (χ1v) is 21.3. The second-order valence-electron chi connectivity index (χ2n) is 15.9. The van der Waals surface area contributed by atoms with Gasteiger partial charge in [0.15, 0.2) is 5.75 Å². The molecule has 6 nitrogen and oxygen atoms in total. The Hall–Kier alpha value is -2.72. The van der Waals surface area contributed by atoms with Crippen molar-refractivity contribution in [2.75, 3.05) is 26.2 Å². The number of methoxy groups -OCH3 is 2. The fourth-order valence-corrected chi connectivity index (χ4v) is 11.0. The fourth-order valence-electron chi connectivity index (χ4n) is 6.32. The first-order chi connectivity index (χ1) is 23.9. The van der Waals surface area contributed by atoms with Crippen LogP contribution in [0.2, 0.25) is 0 Å². The third-order valence-electron chi connectivity index (χ3n) is 8.11. The van der Waals surface area contributed by atoms with Crippen molar-refractivity contribution in [1.29, 1.82) is 0 Å². The average Bonchev–Trinajstić information content (AvgIpc) is 3.03. The summed E-state index contributed by atoms with van der Waals surface area (Å²) in [4.78, 5) is 0. The van der Waals surface area contributed by atoms with E-state index >= 15 is 0 Å². The Kier molecular flexibility index (Phi) is 21.5. The van der Waals surface area contributed by atoms with Crippen molar-refractivity contribution in [1.82, 2.24) is 0 Å². The smallest absolute Gasteiger partial charge is 0.261 e. The standard InChI is InChI=1S/C31H49O2P.C6H7N.C6H5.CH4O3S.Pd/c1-19(2)22-17-23(20(3)4)27(24(18-22)21(5)6)28-25(32-13)15-16-26(33-14)29(28)34(30(7,8)9)31(10,11)12;7-6-4-2-1-3-5-6;1-2-4-6-5-3-1;1-5(2,3)4;/h15-21H,1-14H3;1-5H,7H2;1-5H;1H3,(H,2,3,4);/q;;-1;;/p+1. The number of anilines is 1. The minimum atomic E-state index is -3.67. The molecule has 0 aromatic heterocycles. The van der Waals surface area contributed by atoms with Crippen molar-refractivity contribution >= 4 is 29.0 Å². The predicted molar refractivity (Wildman–Crippen MR) is 228 cm³/mol. The average molecular weight is 858 g/mol. The topological polar surface area (TPSA) is 98.8 Å². The van der Waals surface area contributed by atoms with Gasteiger partial charge in [-0.1, -0.05) is 71.9 Å². The van der Waals surface area contributed by atoms with Crippen molar-refractivity contribution in [2.24, 2.45) is 0 Å². The van der Waals surface area contributed by atoms with Crippen molar-refractivity contribution in [3.63, 3.8) is 0 Å². The molecule has 0 amide bonds. The van der Waals surface area contributed by atoms with Crippen LogP contribution in [0.5, 0.6) is 11.5 Å². The molecule has 0 heterocycles. The predicted octanol–water partition coefficient (Wildman–Crippen LogP) is 11.4. The van der Waals surface area contributed by atoms with Crippen LogP contribution in [0.25, 0.3) is 11.1 Å². The Labute approximate surface area is 337 Å². The molecule has 0 spiro atoms. The van der Waals surface area contributed by atoms with Gasteiger partial charge in [-0.2, -0.15) is 44.8 Å². The molecule has 53 heavy (non-hydrogen) atoms. The first kappa shape index (κ1) is 50.3. The molecule has 0 saturated heterocycles. The first-order valence-electron chi connectivity index (χ1n) is 17.9. The van der Waals surface area contributed by atoms with Crippen LogP contribution in [0.3, 0.4) is 0 Å². The summed E-state index contributed by atoms with van der Waals surface area (Å²) in [6, 6.07) is 31.1. The molecular weight excluding hydrogens is 792 g/mol. The van der Waals surface area contributed by atoms with E-state index < -0.39 is 18.0 Å². The molecule has 0 fully saturated rings. The van der Waals surface area contributed by atoms with Crippen LogP contribution in [0.15, 0.2) is 84.9 Å². The van der Waals surface area contributed by atoms with Gasteiger partial charge in [0.1, 0.15) is 11.1 Å². The molecule has 0 aliphatic rings. The maximum Gasteiger partial charge on any atom is 0.261 e. The summed E-state index contributed by atoms with van der Waals surface area (Å²) in [6.07, 6.45) is 0.715. The van der Waals surface area contributed by atoms with E-state index in [0.29, 0.717) is 24.0 Å². The fraction of sp³-hybridized carbons (Fsp3) is 0.455. The van der Waals surface area contributed by atoms with E-state index in [1.807, 2.05) is 74.9 Å². The van der Waals surface area contributed by atoms with Gasteiger partial charge in [-0.3, -0.25) is 4.55 Å². The number of rotatable bonds is 7. The number of benzene rings is 4. The van der Waals surface area contributed by atoms with Crippen molar-refractivity contribution < 1.29 is 42.9 Å². The second-order valence-corrected chi connectivity index (χ2v) is 21.6. The molecule has 3 N–H and O–H groups in total. The van der Waals surface area contributed by atoms with Crippen LogP contribution < -0.4 is 20.5 Å². The quantitative estimate of drug-likeness (QED) is 0.0631. The van der Waals surface area contributed by atoms with E-state index in [9.17, 15) is 8.42 Å². The Morgan fingerprint density at radius 1 is 0.679 bits per heavy atom. The van der Waals surface area contributed by atoms with Crippen molar-refractivity contribution in [2.45, 2.75) is 111 Å². The zero-order valence-electron chi connectivity index (χ0n) is 34.7. The Morgan fingerprint density at radius 2 is 1.08 bits per heavy atom. The van der Waals surface area contributed by atoms with E-state index in [0.717, 1.165) is 17.2 Å². The molecule has 0 unspecified atom stereocenters. The number of ether oxygens (including phenoxy) is 2. The number of para-hydroxylation sites is 1. The summed E-state index contributed by atoms with van der Waals surface area (Å²) in [7, 11) is -1.16. The number of nitrogens with two attached hydrogens (primary N) is 1. The Balaban J connectivity index is 0.00000115.